The topological polar surface area (TPSA) is 33.2 Å². The number of aromatic nitrogens is 1. The Labute approximate surface area is 117 Å². The lowest BCUT2D eigenvalue weighted by Gasteiger charge is -2.21. The van der Waals surface area contributed by atoms with Crippen molar-refractivity contribution in [3.05, 3.63) is 28.0 Å². The third-order valence-corrected chi connectivity index (χ3v) is 3.90. The molecule has 0 spiro atoms. The summed E-state index contributed by atoms with van der Waals surface area (Å²) in [6.07, 6.45) is 4.97. The second-order valence-corrected chi connectivity index (χ2v) is 5.55. The molecule has 0 unspecified atom stereocenters. The molecule has 0 saturated heterocycles. The Bertz CT molecular complexity index is 445. The highest BCUT2D eigenvalue weighted by Crippen LogP contribution is 2.26. The number of carbonyl (C=O) groups excluding carboxylic acids is 1. The third kappa shape index (κ3) is 3.15. The van der Waals surface area contributed by atoms with Crippen LogP contribution in [0, 0.1) is 5.92 Å². The minimum Gasteiger partial charge on any atom is -0.341 e. The maximum atomic E-state index is 12.2. The SMILES string of the molecule is CN(CC1CCCC1)C(=O)c1ccc(Cl)nc1Cl. The van der Waals surface area contributed by atoms with E-state index in [0.29, 0.717) is 16.6 Å². The first-order valence-corrected chi connectivity index (χ1v) is 6.91. The quantitative estimate of drug-likeness (QED) is 0.795. The number of carbonyl (C=O) groups is 1. The van der Waals surface area contributed by atoms with Gasteiger partial charge < -0.3 is 4.90 Å². The molecule has 2 rings (SSSR count). The molecule has 1 amide bonds. The van der Waals surface area contributed by atoms with Crippen LogP contribution in [0.5, 0.6) is 0 Å². The van der Waals surface area contributed by atoms with Crippen LogP contribution in [0.15, 0.2) is 12.1 Å². The molecule has 1 aliphatic carbocycles. The molecule has 1 aliphatic rings. The van der Waals surface area contributed by atoms with E-state index >= 15 is 0 Å². The summed E-state index contributed by atoms with van der Waals surface area (Å²) in [5.41, 5.74) is 0.418. The maximum Gasteiger partial charge on any atom is 0.256 e. The smallest absolute Gasteiger partial charge is 0.256 e. The average molecular weight is 287 g/mol. The van der Waals surface area contributed by atoms with E-state index in [1.165, 1.54) is 25.7 Å². The van der Waals surface area contributed by atoms with Crippen LogP contribution < -0.4 is 0 Å². The van der Waals surface area contributed by atoms with Crippen LogP contribution in [0.25, 0.3) is 0 Å². The van der Waals surface area contributed by atoms with Crippen LogP contribution in [0.2, 0.25) is 10.3 Å². The van der Waals surface area contributed by atoms with E-state index < -0.39 is 0 Å². The van der Waals surface area contributed by atoms with Gasteiger partial charge in [-0.1, -0.05) is 36.0 Å². The van der Waals surface area contributed by atoms with Crippen molar-refractivity contribution >= 4 is 29.1 Å². The lowest BCUT2D eigenvalue weighted by atomic mass is 10.1. The van der Waals surface area contributed by atoms with Gasteiger partial charge in [0.25, 0.3) is 5.91 Å². The van der Waals surface area contributed by atoms with Gasteiger partial charge in [0, 0.05) is 13.6 Å². The van der Waals surface area contributed by atoms with Crippen LogP contribution in [-0.2, 0) is 0 Å². The van der Waals surface area contributed by atoms with Crippen LogP contribution in [-0.4, -0.2) is 29.4 Å². The summed E-state index contributed by atoms with van der Waals surface area (Å²) < 4.78 is 0. The monoisotopic (exact) mass is 286 g/mol. The molecule has 1 fully saturated rings. The van der Waals surface area contributed by atoms with Crippen LogP contribution in [0.3, 0.4) is 0 Å². The standard InChI is InChI=1S/C13H16Cl2N2O/c1-17(8-9-4-2-3-5-9)13(18)10-6-7-11(14)16-12(10)15/h6-7,9H,2-5,8H2,1H3. The molecule has 3 nitrogen and oxygen atoms in total. The predicted octanol–water partition coefficient (Wildman–Crippen LogP) is 3.65. The molecule has 18 heavy (non-hydrogen) atoms. The second kappa shape index (κ2) is 5.89. The van der Waals surface area contributed by atoms with E-state index in [9.17, 15) is 4.79 Å². The molecule has 0 aromatic carbocycles. The minimum atomic E-state index is -0.0870. The Morgan fingerprint density at radius 2 is 2.06 bits per heavy atom. The number of hydrogen-bond acceptors (Lipinski definition) is 2. The average Bonchev–Trinajstić information content (AvgIpc) is 2.81. The van der Waals surface area contributed by atoms with Crippen molar-refractivity contribution in [2.45, 2.75) is 25.7 Å². The molecule has 0 bridgehead atoms. The van der Waals surface area contributed by atoms with Crippen LogP contribution >= 0.6 is 23.2 Å². The van der Waals surface area contributed by atoms with E-state index in [4.69, 9.17) is 23.2 Å². The lowest BCUT2D eigenvalue weighted by molar-refractivity contribution is 0.0773. The predicted molar refractivity (Wildman–Crippen MR) is 73.2 cm³/mol. The number of amides is 1. The zero-order valence-corrected chi connectivity index (χ0v) is 11.8. The summed E-state index contributed by atoms with van der Waals surface area (Å²) in [6.45, 7) is 0.789. The fourth-order valence-corrected chi connectivity index (χ4v) is 2.87. The summed E-state index contributed by atoms with van der Waals surface area (Å²) in [5.74, 6) is 0.536. The number of hydrogen-bond donors (Lipinski definition) is 0. The van der Waals surface area contributed by atoms with E-state index in [0.717, 1.165) is 6.54 Å². The Morgan fingerprint density at radius 3 is 2.67 bits per heavy atom. The van der Waals surface area contributed by atoms with E-state index in [-0.39, 0.29) is 11.1 Å². The van der Waals surface area contributed by atoms with Crippen molar-refractivity contribution in [1.82, 2.24) is 9.88 Å². The second-order valence-electron chi connectivity index (χ2n) is 4.81. The Morgan fingerprint density at radius 1 is 1.39 bits per heavy atom. The van der Waals surface area contributed by atoms with Gasteiger partial charge in [0.15, 0.2) is 0 Å². The van der Waals surface area contributed by atoms with Crippen LogP contribution in [0.1, 0.15) is 36.0 Å². The van der Waals surface area contributed by atoms with Crippen LogP contribution in [0.4, 0.5) is 0 Å². The van der Waals surface area contributed by atoms with Gasteiger partial charge in [-0.25, -0.2) is 4.98 Å². The van der Waals surface area contributed by atoms with E-state index in [1.54, 1.807) is 17.0 Å². The summed E-state index contributed by atoms with van der Waals surface area (Å²) >= 11 is 11.7. The molecule has 1 saturated carbocycles. The van der Waals surface area contributed by atoms with Gasteiger partial charge >= 0.3 is 0 Å². The molecule has 0 aliphatic heterocycles. The highest BCUT2D eigenvalue weighted by Gasteiger charge is 2.21. The summed E-state index contributed by atoms with van der Waals surface area (Å²) in [5, 5.41) is 0.473. The zero-order chi connectivity index (χ0) is 13.1. The molecule has 1 heterocycles. The zero-order valence-electron chi connectivity index (χ0n) is 10.3. The highest BCUT2D eigenvalue weighted by molar-refractivity contribution is 6.34. The maximum absolute atomic E-state index is 12.2. The normalized spacial score (nSPS) is 15.9. The molecule has 1 aromatic heterocycles. The molecule has 98 valence electrons. The third-order valence-electron chi connectivity index (χ3n) is 3.40. The van der Waals surface area contributed by atoms with Gasteiger partial charge in [-0.15, -0.1) is 0 Å². The Balaban J connectivity index is 2.05. The number of rotatable bonds is 3. The fourth-order valence-electron chi connectivity index (χ4n) is 2.44. The molecule has 1 aromatic rings. The molecule has 5 heteroatoms. The lowest BCUT2D eigenvalue weighted by Crippen LogP contribution is -2.31. The van der Waals surface area contributed by atoms with Crippen molar-refractivity contribution in [3.8, 4) is 0 Å². The Kier molecular flexibility index (Phi) is 4.46. The number of pyridine rings is 1. The van der Waals surface area contributed by atoms with Crippen molar-refractivity contribution in [3.63, 3.8) is 0 Å². The summed E-state index contributed by atoms with van der Waals surface area (Å²) in [6, 6.07) is 3.22. The van der Waals surface area contributed by atoms with Gasteiger partial charge in [0.2, 0.25) is 0 Å². The first-order chi connectivity index (χ1) is 8.58. The van der Waals surface area contributed by atoms with Gasteiger partial charge in [-0.2, -0.15) is 0 Å². The highest BCUT2D eigenvalue weighted by atomic mass is 35.5. The molecular weight excluding hydrogens is 271 g/mol. The summed E-state index contributed by atoms with van der Waals surface area (Å²) in [4.78, 5) is 17.8. The molecule has 0 N–H and O–H groups in total. The Hall–Kier alpha value is -0.800. The van der Waals surface area contributed by atoms with Gasteiger partial charge in [-0.3, -0.25) is 4.79 Å². The van der Waals surface area contributed by atoms with Gasteiger partial charge in [0.05, 0.1) is 5.56 Å². The van der Waals surface area contributed by atoms with Gasteiger partial charge in [0.1, 0.15) is 10.3 Å². The molecular formula is C13H16Cl2N2O. The van der Waals surface area contributed by atoms with E-state index in [1.807, 2.05) is 7.05 Å². The van der Waals surface area contributed by atoms with Gasteiger partial charge in [-0.05, 0) is 30.9 Å². The molecule has 0 atom stereocenters. The largest absolute Gasteiger partial charge is 0.341 e. The molecule has 0 radical (unpaired) electrons. The van der Waals surface area contributed by atoms with Crippen molar-refractivity contribution < 1.29 is 4.79 Å². The van der Waals surface area contributed by atoms with E-state index in [2.05, 4.69) is 4.98 Å². The van der Waals surface area contributed by atoms with Crippen molar-refractivity contribution in [2.75, 3.05) is 13.6 Å². The number of nitrogens with zero attached hydrogens (tertiary/aromatic N) is 2. The minimum absolute atomic E-state index is 0.0870. The first-order valence-electron chi connectivity index (χ1n) is 6.15. The first kappa shape index (κ1) is 13.6. The van der Waals surface area contributed by atoms with Crippen molar-refractivity contribution in [1.29, 1.82) is 0 Å². The summed E-state index contributed by atoms with van der Waals surface area (Å²) in [7, 11) is 1.81. The number of halogens is 2. The van der Waals surface area contributed by atoms with Crippen molar-refractivity contribution in [2.24, 2.45) is 5.92 Å². The fraction of sp³-hybridized carbons (Fsp3) is 0.538.